The van der Waals surface area contributed by atoms with Crippen LogP contribution in [0.15, 0.2) is 34.1 Å². The molecule has 0 aliphatic carbocycles. The zero-order valence-electron chi connectivity index (χ0n) is 12.9. The summed E-state index contributed by atoms with van der Waals surface area (Å²) in [6.45, 7) is 5.85. The molecule has 1 aliphatic rings. The number of aromatic nitrogens is 2. The molecule has 7 nitrogen and oxygen atoms in total. The van der Waals surface area contributed by atoms with Crippen molar-refractivity contribution in [3.8, 4) is 0 Å². The summed E-state index contributed by atoms with van der Waals surface area (Å²) in [5.41, 5.74) is 1.32. The minimum Gasteiger partial charge on any atom is -0.268 e. The van der Waals surface area contributed by atoms with Gasteiger partial charge in [0.2, 0.25) is 0 Å². The molecule has 0 fully saturated rings. The molecule has 0 unspecified atom stereocenters. The average molecular weight is 332 g/mol. The molecule has 0 spiro atoms. The SMILES string of the molecule is CC1=Nc2c(c(=O)[nH]n2C(C)C)[C@@H](c2ccc([N+](=O)[O-])cc2)S1. The topological polar surface area (TPSA) is 93.3 Å². The first-order valence-corrected chi connectivity index (χ1v) is 8.07. The lowest BCUT2D eigenvalue weighted by Crippen LogP contribution is -2.13. The Bertz CT molecular complexity index is 849. The number of benzene rings is 1. The predicted octanol–water partition coefficient (Wildman–Crippen LogP) is 3.55. The van der Waals surface area contributed by atoms with Crippen LogP contribution < -0.4 is 5.56 Å². The molecular weight excluding hydrogens is 316 g/mol. The maximum Gasteiger partial charge on any atom is 0.271 e. The Hall–Kier alpha value is -2.35. The number of fused-ring (bicyclic) bond motifs is 1. The highest BCUT2D eigenvalue weighted by Crippen LogP contribution is 2.44. The summed E-state index contributed by atoms with van der Waals surface area (Å²) in [5, 5.41) is 14.3. The van der Waals surface area contributed by atoms with Gasteiger partial charge in [0.15, 0.2) is 5.82 Å². The summed E-state index contributed by atoms with van der Waals surface area (Å²) < 4.78 is 1.76. The summed E-state index contributed by atoms with van der Waals surface area (Å²) in [6.07, 6.45) is 0. The molecule has 8 heteroatoms. The van der Waals surface area contributed by atoms with Gasteiger partial charge in [0.25, 0.3) is 11.2 Å². The van der Waals surface area contributed by atoms with E-state index < -0.39 is 4.92 Å². The van der Waals surface area contributed by atoms with Gasteiger partial charge < -0.3 is 0 Å². The van der Waals surface area contributed by atoms with Gasteiger partial charge in [0, 0.05) is 18.2 Å². The van der Waals surface area contributed by atoms with Crippen LogP contribution in [0.25, 0.3) is 0 Å². The predicted molar refractivity (Wildman–Crippen MR) is 90.7 cm³/mol. The van der Waals surface area contributed by atoms with Crippen LogP contribution >= 0.6 is 11.8 Å². The van der Waals surface area contributed by atoms with E-state index >= 15 is 0 Å². The van der Waals surface area contributed by atoms with Crippen LogP contribution in [0, 0.1) is 10.1 Å². The fraction of sp³-hybridized carbons (Fsp3) is 0.333. The molecule has 120 valence electrons. The largest absolute Gasteiger partial charge is 0.271 e. The van der Waals surface area contributed by atoms with Crippen LogP contribution in [0.4, 0.5) is 11.5 Å². The van der Waals surface area contributed by atoms with Gasteiger partial charge in [-0.3, -0.25) is 24.7 Å². The number of non-ortho nitro benzene ring substituents is 1. The number of aliphatic imine (C=N–C) groups is 1. The highest BCUT2D eigenvalue weighted by molar-refractivity contribution is 8.14. The van der Waals surface area contributed by atoms with Gasteiger partial charge in [0.05, 0.1) is 20.8 Å². The Morgan fingerprint density at radius 2 is 2.00 bits per heavy atom. The molecule has 1 aromatic heterocycles. The van der Waals surface area contributed by atoms with Crippen LogP contribution in [0.5, 0.6) is 0 Å². The zero-order chi connectivity index (χ0) is 16.7. The van der Waals surface area contributed by atoms with Gasteiger partial charge >= 0.3 is 0 Å². The number of nitrogens with zero attached hydrogens (tertiary/aromatic N) is 3. The lowest BCUT2D eigenvalue weighted by molar-refractivity contribution is -0.384. The van der Waals surface area contributed by atoms with Crippen molar-refractivity contribution in [2.75, 3.05) is 0 Å². The van der Waals surface area contributed by atoms with E-state index in [2.05, 4.69) is 10.1 Å². The van der Waals surface area contributed by atoms with Gasteiger partial charge in [-0.15, -0.1) is 0 Å². The normalized spacial score (nSPS) is 17.0. The summed E-state index contributed by atoms with van der Waals surface area (Å²) in [4.78, 5) is 27.3. The smallest absolute Gasteiger partial charge is 0.268 e. The second-order valence-corrected chi connectivity index (χ2v) is 6.92. The van der Waals surface area contributed by atoms with Gasteiger partial charge in [-0.1, -0.05) is 23.9 Å². The molecule has 0 amide bonds. The maximum atomic E-state index is 12.4. The molecule has 1 atom stereocenters. The fourth-order valence-electron chi connectivity index (χ4n) is 2.59. The van der Waals surface area contributed by atoms with Crippen LogP contribution in [-0.2, 0) is 0 Å². The molecular formula is C15H16N4O3S. The molecule has 0 bridgehead atoms. The molecule has 0 radical (unpaired) electrons. The summed E-state index contributed by atoms with van der Waals surface area (Å²) in [7, 11) is 0. The third kappa shape index (κ3) is 2.70. The Balaban J connectivity index is 2.11. The van der Waals surface area contributed by atoms with Crippen molar-refractivity contribution in [3.05, 3.63) is 55.9 Å². The standard InChI is InChI=1S/C15H16N4O3S/c1-8(2)18-14-12(15(20)17-18)13(23-9(3)16-14)10-4-6-11(7-5-10)19(21)22/h4-8,13H,1-3H3,(H,17,20)/t13-/m1/s1. The van der Waals surface area contributed by atoms with Crippen molar-refractivity contribution < 1.29 is 4.92 Å². The van der Waals surface area contributed by atoms with Crippen LogP contribution in [0.1, 0.15) is 43.2 Å². The molecule has 0 saturated heterocycles. The number of hydrogen-bond donors (Lipinski definition) is 1. The van der Waals surface area contributed by atoms with E-state index in [9.17, 15) is 14.9 Å². The van der Waals surface area contributed by atoms with Crippen LogP contribution in [-0.4, -0.2) is 19.7 Å². The van der Waals surface area contributed by atoms with Crippen LogP contribution in [0.3, 0.4) is 0 Å². The number of nitro groups is 1. The summed E-state index contributed by atoms with van der Waals surface area (Å²) in [6, 6.07) is 6.41. The lowest BCUT2D eigenvalue weighted by atomic mass is 10.1. The number of nitrogens with one attached hydrogen (secondary N) is 1. The quantitative estimate of drug-likeness (QED) is 0.687. The Morgan fingerprint density at radius 1 is 1.35 bits per heavy atom. The van der Waals surface area contributed by atoms with Gasteiger partial charge in [-0.2, -0.15) is 0 Å². The molecule has 2 heterocycles. The Kier molecular flexibility index (Phi) is 3.85. The van der Waals surface area contributed by atoms with Gasteiger partial charge in [-0.25, -0.2) is 4.99 Å². The zero-order valence-corrected chi connectivity index (χ0v) is 13.8. The van der Waals surface area contributed by atoms with E-state index in [0.717, 1.165) is 10.6 Å². The number of aromatic amines is 1. The molecule has 2 aromatic rings. The average Bonchev–Trinajstić information content (AvgIpc) is 2.83. The first kappa shape index (κ1) is 15.5. The minimum atomic E-state index is -0.433. The molecule has 1 aromatic carbocycles. The first-order valence-electron chi connectivity index (χ1n) is 7.19. The Morgan fingerprint density at radius 3 is 2.57 bits per heavy atom. The summed E-state index contributed by atoms with van der Waals surface area (Å²) >= 11 is 1.48. The molecule has 1 aliphatic heterocycles. The molecule has 0 saturated carbocycles. The second-order valence-electron chi connectivity index (χ2n) is 5.62. The fourth-order valence-corrected chi connectivity index (χ4v) is 3.69. The number of nitro benzene ring substituents is 1. The van der Waals surface area contributed by atoms with E-state index in [1.807, 2.05) is 20.8 Å². The molecule has 1 N–H and O–H groups in total. The maximum absolute atomic E-state index is 12.4. The van der Waals surface area contributed by atoms with Crippen molar-refractivity contribution in [1.29, 1.82) is 0 Å². The Labute approximate surface area is 136 Å². The lowest BCUT2D eigenvalue weighted by Gasteiger charge is -2.21. The van der Waals surface area contributed by atoms with Crippen molar-refractivity contribution in [3.63, 3.8) is 0 Å². The van der Waals surface area contributed by atoms with E-state index in [1.54, 1.807) is 16.8 Å². The van der Waals surface area contributed by atoms with E-state index in [-0.39, 0.29) is 22.5 Å². The third-order valence-electron chi connectivity index (χ3n) is 3.67. The number of thioether (sulfide) groups is 1. The highest BCUT2D eigenvalue weighted by atomic mass is 32.2. The monoisotopic (exact) mass is 332 g/mol. The third-order valence-corrected chi connectivity index (χ3v) is 4.85. The second kappa shape index (κ2) is 5.69. The van der Waals surface area contributed by atoms with Crippen molar-refractivity contribution in [1.82, 2.24) is 9.78 Å². The molecule has 3 rings (SSSR count). The van der Waals surface area contributed by atoms with Crippen molar-refractivity contribution in [2.45, 2.75) is 32.1 Å². The first-order chi connectivity index (χ1) is 10.9. The van der Waals surface area contributed by atoms with Crippen LogP contribution in [0.2, 0.25) is 0 Å². The number of hydrogen-bond acceptors (Lipinski definition) is 5. The number of rotatable bonds is 3. The van der Waals surface area contributed by atoms with E-state index in [4.69, 9.17) is 0 Å². The minimum absolute atomic E-state index is 0.0360. The highest BCUT2D eigenvalue weighted by Gasteiger charge is 2.30. The van der Waals surface area contributed by atoms with E-state index in [1.165, 1.54) is 23.9 Å². The number of H-pyrrole nitrogens is 1. The van der Waals surface area contributed by atoms with E-state index in [0.29, 0.717) is 11.4 Å². The van der Waals surface area contributed by atoms with Crippen molar-refractivity contribution in [2.24, 2.45) is 4.99 Å². The summed E-state index contributed by atoms with van der Waals surface area (Å²) in [5.74, 6) is 0.643. The van der Waals surface area contributed by atoms with Crippen molar-refractivity contribution >= 4 is 28.3 Å². The van der Waals surface area contributed by atoms with Gasteiger partial charge in [-0.05, 0) is 26.3 Å². The molecule has 23 heavy (non-hydrogen) atoms. The van der Waals surface area contributed by atoms with Gasteiger partial charge in [0.1, 0.15) is 0 Å².